The topological polar surface area (TPSA) is 66.0 Å². The Bertz CT molecular complexity index is 795. The van der Waals surface area contributed by atoms with Gasteiger partial charge in [0.1, 0.15) is 11.1 Å². The molecular formula is C17H18N2O2S. The minimum atomic E-state index is -0.767. The number of nitrogens with zero attached hydrogens (tertiary/aromatic N) is 1. The third-order valence-corrected chi connectivity index (χ3v) is 5.47. The van der Waals surface area contributed by atoms with Gasteiger partial charge in [-0.15, -0.1) is 0 Å². The average Bonchev–Trinajstić information content (AvgIpc) is 3.09. The number of thioether (sulfide) groups is 1. The second-order valence-electron chi connectivity index (χ2n) is 5.91. The van der Waals surface area contributed by atoms with Crippen molar-refractivity contribution < 1.29 is 9.21 Å². The van der Waals surface area contributed by atoms with Crippen LogP contribution < -0.4 is 5.32 Å². The Balaban J connectivity index is 2.02. The monoisotopic (exact) mass is 314 g/mol. The highest BCUT2D eigenvalue weighted by Gasteiger charge is 2.37. The maximum absolute atomic E-state index is 12.6. The van der Waals surface area contributed by atoms with E-state index >= 15 is 0 Å². The Morgan fingerprint density at radius 1 is 1.36 bits per heavy atom. The largest absolute Gasteiger partial charge is 0.450 e. The van der Waals surface area contributed by atoms with E-state index in [-0.39, 0.29) is 5.91 Å². The number of carbonyl (C=O) groups is 1. The highest BCUT2D eigenvalue weighted by atomic mass is 32.2. The molecule has 1 aliphatic rings. The van der Waals surface area contributed by atoms with Gasteiger partial charge in [0, 0.05) is 16.7 Å². The third kappa shape index (κ3) is 2.28. The van der Waals surface area contributed by atoms with E-state index in [1.54, 1.807) is 11.8 Å². The molecule has 1 amide bonds. The maximum Gasteiger partial charge on any atom is 0.288 e. The standard InChI is InChI=1S/C17H18N2O2S/c1-10-4-5-11(2)14-13(10)12(3)15(21-14)16(20)19-17(8-18)6-7-22-9-17/h4-5H,6-7,9H2,1-3H3,(H,19,20). The van der Waals surface area contributed by atoms with Crippen molar-refractivity contribution >= 4 is 28.6 Å². The van der Waals surface area contributed by atoms with Gasteiger partial charge in [-0.2, -0.15) is 17.0 Å². The number of furan rings is 1. The smallest absolute Gasteiger partial charge is 0.288 e. The number of fused-ring (bicyclic) bond motifs is 1. The number of nitriles is 1. The van der Waals surface area contributed by atoms with Crippen molar-refractivity contribution in [1.29, 1.82) is 5.26 Å². The number of benzene rings is 1. The summed E-state index contributed by atoms with van der Waals surface area (Å²) in [5, 5.41) is 13.3. The van der Waals surface area contributed by atoms with E-state index < -0.39 is 5.54 Å². The van der Waals surface area contributed by atoms with Crippen LogP contribution >= 0.6 is 11.8 Å². The summed E-state index contributed by atoms with van der Waals surface area (Å²) in [6.07, 6.45) is 0.678. The van der Waals surface area contributed by atoms with Crippen LogP contribution in [-0.4, -0.2) is 23.0 Å². The van der Waals surface area contributed by atoms with E-state index in [1.807, 2.05) is 32.9 Å². The molecule has 0 spiro atoms. The molecule has 1 aliphatic heterocycles. The Morgan fingerprint density at radius 2 is 2.09 bits per heavy atom. The van der Waals surface area contributed by atoms with E-state index in [0.717, 1.165) is 33.4 Å². The van der Waals surface area contributed by atoms with Crippen LogP contribution in [0.25, 0.3) is 11.0 Å². The molecule has 1 atom stereocenters. The van der Waals surface area contributed by atoms with Crippen molar-refractivity contribution in [3.05, 3.63) is 34.6 Å². The summed E-state index contributed by atoms with van der Waals surface area (Å²) in [6, 6.07) is 6.29. The first kappa shape index (κ1) is 15.0. The van der Waals surface area contributed by atoms with Gasteiger partial charge in [0.2, 0.25) is 0 Å². The molecule has 1 saturated heterocycles. The molecule has 22 heavy (non-hydrogen) atoms. The van der Waals surface area contributed by atoms with Crippen molar-refractivity contribution in [2.75, 3.05) is 11.5 Å². The number of aryl methyl sites for hydroxylation is 3. The molecule has 1 N–H and O–H groups in total. The first-order chi connectivity index (χ1) is 10.5. The van der Waals surface area contributed by atoms with Crippen molar-refractivity contribution in [2.45, 2.75) is 32.7 Å². The molecule has 0 bridgehead atoms. The summed E-state index contributed by atoms with van der Waals surface area (Å²) < 4.78 is 5.84. The molecular weight excluding hydrogens is 296 g/mol. The summed E-state index contributed by atoms with van der Waals surface area (Å²) in [6.45, 7) is 5.88. The van der Waals surface area contributed by atoms with Gasteiger partial charge in [-0.1, -0.05) is 12.1 Å². The fraction of sp³-hybridized carbons (Fsp3) is 0.412. The summed E-state index contributed by atoms with van der Waals surface area (Å²) in [5.74, 6) is 1.55. The molecule has 1 fully saturated rings. The van der Waals surface area contributed by atoms with Gasteiger partial charge < -0.3 is 9.73 Å². The van der Waals surface area contributed by atoms with Gasteiger partial charge in [-0.25, -0.2) is 0 Å². The number of rotatable bonds is 2. The molecule has 1 aromatic carbocycles. The zero-order valence-electron chi connectivity index (χ0n) is 12.9. The van der Waals surface area contributed by atoms with Crippen LogP contribution in [0.3, 0.4) is 0 Å². The molecule has 0 saturated carbocycles. The Morgan fingerprint density at radius 3 is 2.68 bits per heavy atom. The van der Waals surface area contributed by atoms with Gasteiger partial charge >= 0.3 is 0 Å². The summed E-state index contributed by atoms with van der Waals surface area (Å²) in [5.41, 5.74) is 2.93. The van der Waals surface area contributed by atoms with E-state index in [0.29, 0.717) is 17.9 Å². The Hall–Kier alpha value is -1.93. The Labute approximate surface area is 133 Å². The minimum absolute atomic E-state index is 0.295. The van der Waals surface area contributed by atoms with Crippen LogP contribution in [-0.2, 0) is 0 Å². The van der Waals surface area contributed by atoms with Crippen molar-refractivity contribution in [1.82, 2.24) is 5.32 Å². The maximum atomic E-state index is 12.6. The van der Waals surface area contributed by atoms with Crippen LogP contribution in [0.5, 0.6) is 0 Å². The number of hydrogen-bond donors (Lipinski definition) is 1. The average molecular weight is 314 g/mol. The first-order valence-corrected chi connectivity index (χ1v) is 8.44. The van der Waals surface area contributed by atoms with Gasteiger partial charge in [0.05, 0.1) is 6.07 Å². The molecule has 1 unspecified atom stereocenters. The number of carbonyl (C=O) groups excluding carboxylic acids is 1. The molecule has 5 heteroatoms. The van der Waals surface area contributed by atoms with Gasteiger partial charge in [0.25, 0.3) is 5.91 Å². The van der Waals surface area contributed by atoms with E-state index in [2.05, 4.69) is 11.4 Å². The second-order valence-corrected chi connectivity index (χ2v) is 7.02. The van der Waals surface area contributed by atoms with Crippen LogP contribution in [0.1, 0.15) is 33.7 Å². The third-order valence-electron chi connectivity index (χ3n) is 4.28. The molecule has 3 rings (SSSR count). The molecule has 0 radical (unpaired) electrons. The van der Waals surface area contributed by atoms with Gasteiger partial charge in [0.15, 0.2) is 5.76 Å². The quantitative estimate of drug-likeness (QED) is 0.921. The van der Waals surface area contributed by atoms with Crippen molar-refractivity contribution in [2.24, 2.45) is 0 Å². The van der Waals surface area contributed by atoms with E-state index in [4.69, 9.17) is 4.42 Å². The molecule has 0 aliphatic carbocycles. The van der Waals surface area contributed by atoms with Gasteiger partial charge in [-0.05, 0) is 44.1 Å². The van der Waals surface area contributed by atoms with Crippen LogP contribution in [0.2, 0.25) is 0 Å². The zero-order valence-corrected chi connectivity index (χ0v) is 13.8. The predicted octanol–water partition coefficient (Wildman–Crippen LogP) is 3.49. The second kappa shape index (κ2) is 5.36. The van der Waals surface area contributed by atoms with Crippen LogP contribution in [0.4, 0.5) is 0 Å². The highest BCUT2D eigenvalue weighted by Crippen LogP contribution is 2.32. The molecule has 1 aromatic heterocycles. The lowest BCUT2D eigenvalue weighted by atomic mass is 10.0. The normalized spacial score (nSPS) is 21.0. The molecule has 114 valence electrons. The minimum Gasteiger partial charge on any atom is -0.450 e. The van der Waals surface area contributed by atoms with Crippen molar-refractivity contribution in [3.8, 4) is 6.07 Å². The number of nitrogens with one attached hydrogen (secondary N) is 1. The lowest BCUT2D eigenvalue weighted by molar-refractivity contribution is 0.0899. The lowest BCUT2D eigenvalue weighted by Crippen LogP contribution is -2.47. The van der Waals surface area contributed by atoms with E-state index in [9.17, 15) is 10.1 Å². The van der Waals surface area contributed by atoms with E-state index in [1.165, 1.54) is 0 Å². The number of hydrogen-bond acceptors (Lipinski definition) is 4. The summed E-state index contributed by atoms with van der Waals surface area (Å²) >= 11 is 1.69. The zero-order chi connectivity index (χ0) is 15.9. The summed E-state index contributed by atoms with van der Waals surface area (Å²) in [4.78, 5) is 12.6. The summed E-state index contributed by atoms with van der Waals surface area (Å²) in [7, 11) is 0. The fourth-order valence-corrected chi connectivity index (χ4v) is 4.21. The molecule has 2 heterocycles. The fourth-order valence-electron chi connectivity index (χ4n) is 2.95. The molecule has 2 aromatic rings. The first-order valence-electron chi connectivity index (χ1n) is 7.28. The van der Waals surface area contributed by atoms with Gasteiger partial charge in [-0.3, -0.25) is 4.79 Å². The highest BCUT2D eigenvalue weighted by molar-refractivity contribution is 7.99. The van der Waals surface area contributed by atoms with Crippen LogP contribution in [0, 0.1) is 32.1 Å². The SMILES string of the molecule is Cc1ccc(C)c2c(C)c(C(=O)NC3(C#N)CCSC3)oc12. The number of amides is 1. The van der Waals surface area contributed by atoms with Crippen LogP contribution in [0.15, 0.2) is 16.5 Å². The van der Waals surface area contributed by atoms with Crippen molar-refractivity contribution in [3.63, 3.8) is 0 Å². The Kier molecular flexibility index (Phi) is 3.65. The predicted molar refractivity (Wildman–Crippen MR) is 88.2 cm³/mol. The lowest BCUT2D eigenvalue weighted by Gasteiger charge is -2.20. The molecule has 4 nitrogen and oxygen atoms in total.